The Morgan fingerprint density at radius 2 is 1.08 bits per heavy atom. The molecule has 2 aromatic carbocycles. The monoisotopic (exact) mass is 512 g/mol. The van der Waals surface area contributed by atoms with Gasteiger partial charge in [-0.15, -0.1) is 22.7 Å². The molecule has 0 aliphatic carbocycles. The van der Waals surface area contributed by atoms with Crippen LogP contribution in [-0.2, 0) is 12.8 Å². The number of hydrogen-bond donors (Lipinski definition) is 0. The van der Waals surface area contributed by atoms with Crippen LogP contribution in [0.2, 0.25) is 0 Å². The van der Waals surface area contributed by atoms with Crippen molar-refractivity contribution < 1.29 is 8.83 Å². The Labute approximate surface area is 213 Å². The van der Waals surface area contributed by atoms with Crippen molar-refractivity contribution in [2.75, 3.05) is 0 Å². The first-order valence-corrected chi connectivity index (χ1v) is 13.4. The van der Waals surface area contributed by atoms with Crippen LogP contribution in [0.5, 0.6) is 0 Å². The van der Waals surface area contributed by atoms with Gasteiger partial charge in [0.2, 0.25) is 0 Å². The molecule has 8 heteroatoms. The normalized spacial score (nSPS) is 11.4. The van der Waals surface area contributed by atoms with Gasteiger partial charge < -0.3 is 8.83 Å². The van der Waals surface area contributed by atoms with E-state index in [1.807, 2.05) is 59.3 Å². The molecule has 0 saturated heterocycles. The second-order valence-electron chi connectivity index (χ2n) is 8.43. The van der Waals surface area contributed by atoms with Crippen LogP contribution in [0.1, 0.15) is 22.9 Å². The number of benzene rings is 2. The molecule has 0 aliphatic heterocycles. The van der Waals surface area contributed by atoms with Crippen molar-refractivity contribution in [2.24, 2.45) is 0 Å². The summed E-state index contributed by atoms with van der Waals surface area (Å²) in [6, 6.07) is 18.6. The molecule has 36 heavy (non-hydrogen) atoms. The zero-order chi connectivity index (χ0) is 24.5. The maximum absolute atomic E-state index is 12.4. The number of thiazole rings is 2. The first-order valence-electron chi connectivity index (χ1n) is 11.6. The van der Waals surface area contributed by atoms with Crippen LogP contribution in [-0.4, -0.2) is 9.97 Å². The number of para-hydroxylation sites is 2. The lowest BCUT2D eigenvalue weighted by Gasteiger charge is -2.00. The highest BCUT2D eigenvalue weighted by Crippen LogP contribution is 2.26. The summed E-state index contributed by atoms with van der Waals surface area (Å²) in [6.45, 7) is 0. The third-order valence-corrected chi connectivity index (χ3v) is 7.79. The highest BCUT2D eigenvalue weighted by Gasteiger charge is 2.13. The lowest BCUT2D eigenvalue weighted by atomic mass is 10.1. The maximum atomic E-state index is 12.4. The molecule has 0 aliphatic rings. The van der Waals surface area contributed by atoms with Crippen LogP contribution in [0.15, 0.2) is 89.8 Å². The fraction of sp³-hybridized carbons (Fsp3) is 0.143. The minimum Gasteiger partial charge on any atom is -0.422 e. The predicted molar refractivity (Wildman–Crippen MR) is 144 cm³/mol. The predicted octanol–water partition coefficient (Wildman–Crippen LogP) is 6.71. The molecular weight excluding hydrogens is 492 g/mol. The Balaban J connectivity index is 1.09. The molecular formula is C28H20N2O4S2. The highest BCUT2D eigenvalue weighted by molar-refractivity contribution is 7.10. The molecule has 0 fully saturated rings. The molecule has 0 amide bonds. The van der Waals surface area contributed by atoms with Crippen molar-refractivity contribution in [3.05, 3.63) is 102 Å². The molecule has 0 radical (unpaired) electrons. The van der Waals surface area contributed by atoms with Crippen LogP contribution in [0, 0.1) is 0 Å². The standard InChI is InChI=1S/C28H20N2O4S2/c31-27-19(13-17-7-1-3-9-23(17)33-27)21-15-35-25(29-21)11-5-6-12-26-30-22(16-36-26)20-14-18-8-2-4-10-24(18)34-28(20)32/h1-4,7-10,13-16H,5-6,11-12H2. The quantitative estimate of drug-likeness (QED) is 0.174. The number of rotatable bonds is 7. The number of aryl methyl sites for hydroxylation is 2. The van der Waals surface area contributed by atoms with Crippen LogP contribution in [0.3, 0.4) is 0 Å². The van der Waals surface area contributed by atoms with Crippen LogP contribution >= 0.6 is 22.7 Å². The molecule has 178 valence electrons. The Bertz CT molecular complexity index is 1680. The Hall–Kier alpha value is -3.88. The van der Waals surface area contributed by atoms with E-state index in [4.69, 9.17) is 8.83 Å². The van der Waals surface area contributed by atoms with Gasteiger partial charge in [-0.05, 0) is 49.9 Å². The van der Waals surface area contributed by atoms with Gasteiger partial charge in [0.25, 0.3) is 0 Å². The summed E-state index contributed by atoms with van der Waals surface area (Å²) in [5.74, 6) is 0. The van der Waals surface area contributed by atoms with Crippen molar-refractivity contribution >= 4 is 44.6 Å². The smallest absolute Gasteiger partial charge is 0.345 e. The maximum Gasteiger partial charge on any atom is 0.345 e. The number of unbranched alkanes of at least 4 members (excludes halogenated alkanes) is 1. The van der Waals surface area contributed by atoms with Gasteiger partial charge in [0.05, 0.1) is 32.5 Å². The molecule has 6 rings (SSSR count). The third kappa shape index (κ3) is 4.53. The summed E-state index contributed by atoms with van der Waals surface area (Å²) in [5, 5.41) is 7.58. The Morgan fingerprint density at radius 3 is 1.56 bits per heavy atom. The number of fused-ring (bicyclic) bond motifs is 2. The first-order chi connectivity index (χ1) is 17.6. The highest BCUT2D eigenvalue weighted by atomic mass is 32.1. The summed E-state index contributed by atoms with van der Waals surface area (Å²) in [5.41, 5.74) is 2.72. The molecule has 0 spiro atoms. The van der Waals surface area contributed by atoms with E-state index in [0.717, 1.165) is 46.5 Å². The van der Waals surface area contributed by atoms with Crippen LogP contribution in [0.25, 0.3) is 44.5 Å². The van der Waals surface area contributed by atoms with E-state index in [-0.39, 0.29) is 11.3 Å². The minimum absolute atomic E-state index is 0.370. The van der Waals surface area contributed by atoms with E-state index in [9.17, 15) is 9.59 Å². The van der Waals surface area contributed by atoms with Gasteiger partial charge >= 0.3 is 11.3 Å². The van der Waals surface area contributed by atoms with E-state index in [0.29, 0.717) is 33.7 Å². The van der Waals surface area contributed by atoms with Crippen molar-refractivity contribution in [3.63, 3.8) is 0 Å². The largest absolute Gasteiger partial charge is 0.422 e. The van der Waals surface area contributed by atoms with Gasteiger partial charge in [-0.1, -0.05) is 36.4 Å². The van der Waals surface area contributed by atoms with Crippen molar-refractivity contribution in [3.8, 4) is 22.5 Å². The Kier molecular flexibility index (Phi) is 6.04. The summed E-state index contributed by atoms with van der Waals surface area (Å²) >= 11 is 3.12. The molecule has 0 bridgehead atoms. The SMILES string of the molecule is O=c1oc2ccccc2cc1-c1csc(CCCCc2nc(-c3cc4ccccc4oc3=O)cs2)n1. The van der Waals surface area contributed by atoms with Gasteiger partial charge in [0, 0.05) is 21.5 Å². The average Bonchev–Trinajstić information content (AvgIpc) is 3.56. The first kappa shape index (κ1) is 22.6. The Morgan fingerprint density at radius 1 is 0.639 bits per heavy atom. The molecule has 0 unspecified atom stereocenters. The van der Waals surface area contributed by atoms with E-state index in [2.05, 4.69) is 9.97 Å². The molecule has 4 heterocycles. The summed E-state index contributed by atoms with van der Waals surface area (Å²) in [4.78, 5) is 34.2. The fourth-order valence-electron chi connectivity index (χ4n) is 4.13. The van der Waals surface area contributed by atoms with Crippen LogP contribution < -0.4 is 11.3 Å². The van der Waals surface area contributed by atoms with Crippen molar-refractivity contribution in [1.29, 1.82) is 0 Å². The number of aromatic nitrogens is 2. The average molecular weight is 513 g/mol. The third-order valence-electron chi connectivity index (χ3n) is 5.97. The molecule has 0 saturated carbocycles. The molecule has 4 aromatic heterocycles. The van der Waals surface area contributed by atoms with E-state index >= 15 is 0 Å². The molecule has 0 atom stereocenters. The molecule has 6 aromatic rings. The fourth-order valence-corrected chi connectivity index (χ4v) is 5.81. The second-order valence-corrected chi connectivity index (χ2v) is 10.3. The van der Waals surface area contributed by atoms with E-state index < -0.39 is 0 Å². The summed E-state index contributed by atoms with van der Waals surface area (Å²) < 4.78 is 10.9. The zero-order valence-electron chi connectivity index (χ0n) is 19.1. The van der Waals surface area contributed by atoms with E-state index in [1.54, 1.807) is 34.8 Å². The topological polar surface area (TPSA) is 86.2 Å². The molecule has 6 nitrogen and oxygen atoms in total. The number of hydrogen-bond acceptors (Lipinski definition) is 8. The lowest BCUT2D eigenvalue weighted by molar-refractivity contribution is 0.563. The second kappa shape index (κ2) is 9.64. The van der Waals surface area contributed by atoms with Gasteiger partial charge in [-0.2, -0.15) is 0 Å². The molecule has 0 N–H and O–H groups in total. The minimum atomic E-state index is -0.370. The van der Waals surface area contributed by atoms with Gasteiger partial charge in [0.15, 0.2) is 0 Å². The van der Waals surface area contributed by atoms with E-state index in [1.165, 1.54) is 0 Å². The van der Waals surface area contributed by atoms with Gasteiger partial charge in [-0.3, -0.25) is 0 Å². The number of nitrogens with zero attached hydrogens (tertiary/aromatic N) is 2. The lowest BCUT2D eigenvalue weighted by Crippen LogP contribution is -2.03. The van der Waals surface area contributed by atoms with Crippen LogP contribution in [0.4, 0.5) is 0 Å². The summed E-state index contributed by atoms with van der Waals surface area (Å²) in [6.07, 6.45) is 3.56. The van der Waals surface area contributed by atoms with Crippen molar-refractivity contribution in [1.82, 2.24) is 9.97 Å². The van der Waals surface area contributed by atoms with Gasteiger partial charge in [-0.25, -0.2) is 19.6 Å². The zero-order valence-corrected chi connectivity index (χ0v) is 20.7. The van der Waals surface area contributed by atoms with Crippen molar-refractivity contribution in [2.45, 2.75) is 25.7 Å². The van der Waals surface area contributed by atoms with Gasteiger partial charge in [0.1, 0.15) is 11.2 Å². The summed E-state index contributed by atoms with van der Waals surface area (Å²) in [7, 11) is 0.